The molecule has 0 bridgehead atoms. The Bertz CT molecular complexity index is 944. The highest BCUT2D eigenvalue weighted by Gasteiger charge is 2.06. The van der Waals surface area contributed by atoms with Gasteiger partial charge in [-0.1, -0.05) is 54.6 Å². The van der Waals surface area contributed by atoms with E-state index in [0.717, 1.165) is 16.3 Å². The van der Waals surface area contributed by atoms with Crippen LogP contribution in [0.1, 0.15) is 11.1 Å². The van der Waals surface area contributed by atoms with Crippen molar-refractivity contribution in [2.24, 2.45) is 5.10 Å². The summed E-state index contributed by atoms with van der Waals surface area (Å²) < 4.78 is 0. The van der Waals surface area contributed by atoms with Crippen molar-refractivity contribution in [2.45, 2.75) is 6.42 Å². The zero-order valence-electron chi connectivity index (χ0n) is 13.3. The number of hydrogen-bond acceptors (Lipinski definition) is 4. The highest BCUT2D eigenvalue weighted by atomic mass is 16.6. The Hall–Kier alpha value is -3.54. The lowest BCUT2D eigenvalue weighted by Crippen LogP contribution is -2.19. The van der Waals surface area contributed by atoms with Crippen LogP contribution in [0.5, 0.6) is 0 Å². The van der Waals surface area contributed by atoms with Crippen molar-refractivity contribution in [1.82, 2.24) is 5.43 Å². The van der Waals surface area contributed by atoms with E-state index in [1.807, 2.05) is 42.5 Å². The second kappa shape index (κ2) is 7.35. The largest absolute Gasteiger partial charge is 0.273 e. The summed E-state index contributed by atoms with van der Waals surface area (Å²) in [4.78, 5) is 22.1. The van der Waals surface area contributed by atoms with Gasteiger partial charge in [-0.25, -0.2) is 5.43 Å². The minimum Gasteiger partial charge on any atom is -0.273 e. The Morgan fingerprint density at radius 3 is 2.52 bits per heavy atom. The van der Waals surface area contributed by atoms with Crippen LogP contribution in [0, 0.1) is 10.1 Å². The lowest BCUT2D eigenvalue weighted by Gasteiger charge is -2.02. The number of fused-ring (bicyclic) bond motifs is 1. The van der Waals surface area contributed by atoms with Gasteiger partial charge in [0.25, 0.3) is 5.69 Å². The van der Waals surface area contributed by atoms with Gasteiger partial charge in [0.15, 0.2) is 0 Å². The third-order valence-electron chi connectivity index (χ3n) is 3.73. The van der Waals surface area contributed by atoms with Crippen LogP contribution in [0.4, 0.5) is 5.69 Å². The standard InChI is InChI=1S/C19H15N3O3/c23-19(12-14-8-10-17(11-9-14)22(24)25)21-20-13-16-6-3-5-15-4-1-2-7-18(15)16/h1-11,13H,12H2,(H,21,23). The Morgan fingerprint density at radius 2 is 1.76 bits per heavy atom. The molecule has 1 N–H and O–H groups in total. The first-order valence-electron chi connectivity index (χ1n) is 7.66. The predicted octanol–water partition coefficient (Wildman–Crippen LogP) is 3.44. The van der Waals surface area contributed by atoms with Crippen molar-refractivity contribution in [2.75, 3.05) is 0 Å². The first kappa shape index (κ1) is 16.3. The zero-order chi connectivity index (χ0) is 17.6. The maximum absolute atomic E-state index is 11.9. The summed E-state index contributed by atoms with van der Waals surface area (Å²) in [5.41, 5.74) is 4.07. The number of nitro benzene ring substituents is 1. The molecule has 0 aliphatic carbocycles. The van der Waals surface area contributed by atoms with Gasteiger partial charge in [-0.3, -0.25) is 14.9 Å². The number of nitrogens with zero attached hydrogens (tertiary/aromatic N) is 2. The molecular weight excluding hydrogens is 318 g/mol. The molecule has 6 heteroatoms. The fourth-order valence-electron chi connectivity index (χ4n) is 2.50. The minimum atomic E-state index is -0.474. The molecule has 1 amide bonds. The molecule has 0 radical (unpaired) electrons. The smallest absolute Gasteiger partial charge is 0.269 e. The molecule has 0 aliphatic heterocycles. The van der Waals surface area contributed by atoms with Gasteiger partial charge in [0.1, 0.15) is 0 Å². The number of amides is 1. The van der Waals surface area contributed by atoms with E-state index in [1.165, 1.54) is 12.1 Å². The minimum absolute atomic E-state index is 0.00173. The SMILES string of the molecule is O=C(Cc1ccc([N+](=O)[O-])cc1)NN=Cc1cccc2ccccc12. The van der Waals surface area contributed by atoms with Crippen LogP contribution in [0.15, 0.2) is 71.8 Å². The quantitative estimate of drug-likeness (QED) is 0.441. The van der Waals surface area contributed by atoms with Crippen molar-refractivity contribution in [1.29, 1.82) is 0 Å². The van der Waals surface area contributed by atoms with Gasteiger partial charge in [0.05, 0.1) is 17.6 Å². The predicted molar refractivity (Wildman–Crippen MR) is 96.5 cm³/mol. The summed E-state index contributed by atoms with van der Waals surface area (Å²) in [5, 5.41) is 16.8. The number of nitro groups is 1. The van der Waals surface area contributed by atoms with Gasteiger partial charge in [0, 0.05) is 17.7 Å². The molecule has 0 unspecified atom stereocenters. The average molecular weight is 333 g/mol. The van der Waals surface area contributed by atoms with Crippen LogP contribution in [0.2, 0.25) is 0 Å². The van der Waals surface area contributed by atoms with Crippen molar-refractivity contribution in [3.05, 3.63) is 88.0 Å². The number of non-ortho nitro benzene ring substituents is 1. The number of nitrogens with one attached hydrogen (secondary N) is 1. The molecule has 25 heavy (non-hydrogen) atoms. The number of hydrogen-bond donors (Lipinski definition) is 1. The summed E-state index contributed by atoms with van der Waals surface area (Å²) in [6.07, 6.45) is 1.71. The van der Waals surface area contributed by atoms with Crippen molar-refractivity contribution >= 4 is 28.6 Å². The van der Waals surface area contributed by atoms with Crippen LogP contribution in [-0.2, 0) is 11.2 Å². The summed E-state index contributed by atoms with van der Waals surface area (Å²) in [6, 6.07) is 19.7. The first-order valence-corrected chi connectivity index (χ1v) is 7.66. The van der Waals surface area contributed by atoms with E-state index < -0.39 is 4.92 Å². The van der Waals surface area contributed by atoms with Gasteiger partial charge < -0.3 is 0 Å². The number of carbonyl (C=O) groups is 1. The van der Waals surface area contributed by atoms with Crippen LogP contribution in [0.25, 0.3) is 10.8 Å². The molecule has 0 atom stereocenters. The number of benzene rings is 3. The van der Waals surface area contributed by atoms with Crippen LogP contribution < -0.4 is 5.43 Å². The molecule has 0 saturated carbocycles. The zero-order valence-corrected chi connectivity index (χ0v) is 13.3. The first-order chi connectivity index (χ1) is 12.1. The fourth-order valence-corrected chi connectivity index (χ4v) is 2.50. The average Bonchev–Trinajstić information content (AvgIpc) is 2.62. The Morgan fingerprint density at radius 1 is 1.04 bits per heavy atom. The number of rotatable bonds is 5. The van der Waals surface area contributed by atoms with E-state index in [1.54, 1.807) is 18.3 Å². The molecule has 0 fully saturated rings. The molecular formula is C19H15N3O3. The van der Waals surface area contributed by atoms with Crippen LogP contribution in [0.3, 0.4) is 0 Å². The Kier molecular flexibility index (Phi) is 4.80. The summed E-state index contributed by atoms with van der Waals surface area (Å²) in [6.45, 7) is 0. The van der Waals surface area contributed by atoms with Crippen molar-refractivity contribution in [3.8, 4) is 0 Å². The number of carbonyl (C=O) groups excluding carboxylic acids is 1. The third kappa shape index (κ3) is 4.06. The molecule has 0 heterocycles. The monoisotopic (exact) mass is 333 g/mol. The van der Waals surface area contributed by atoms with Gasteiger partial charge in [-0.05, 0) is 16.3 Å². The molecule has 0 aromatic heterocycles. The van der Waals surface area contributed by atoms with Gasteiger partial charge in [-0.2, -0.15) is 5.10 Å². The highest BCUT2D eigenvalue weighted by molar-refractivity contribution is 5.99. The van der Waals surface area contributed by atoms with E-state index >= 15 is 0 Å². The number of hydrazone groups is 1. The van der Waals surface area contributed by atoms with Gasteiger partial charge in [-0.15, -0.1) is 0 Å². The van der Waals surface area contributed by atoms with Crippen LogP contribution in [-0.4, -0.2) is 17.0 Å². The summed E-state index contributed by atoms with van der Waals surface area (Å²) in [5.74, 6) is -0.287. The lowest BCUT2D eigenvalue weighted by atomic mass is 10.1. The Balaban J connectivity index is 1.63. The van der Waals surface area contributed by atoms with Gasteiger partial charge >= 0.3 is 0 Å². The molecule has 3 aromatic carbocycles. The van der Waals surface area contributed by atoms with Crippen molar-refractivity contribution < 1.29 is 9.72 Å². The Labute approximate surface area is 143 Å². The van der Waals surface area contributed by atoms with E-state index in [2.05, 4.69) is 10.5 Å². The van der Waals surface area contributed by atoms with Crippen LogP contribution >= 0.6 is 0 Å². The van der Waals surface area contributed by atoms with Gasteiger partial charge in [0.2, 0.25) is 5.91 Å². The normalized spacial score (nSPS) is 10.9. The maximum atomic E-state index is 11.9. The van der Waals surface area contributed by atoms with E-state index in [4.69, 9.17) is 0 Å². The molecule has 0 aliphatic rings. The fraction of sp³-hybridized carbons (Fsp3) is 0.0526. The van der Waals surface area contributed by atoms with E-state index in [0.29, 0.717) is 5.56 Å². The topological polar surface area (TPSA) is 84.6 Å². The molecule has 124 valence electrons. The molecule has 3 aromatic rings. The van der Waals surface area contributed by atoms with Crippen molar-refractivity contribution in [3.63, 3.8) is 0 Å². The lowest BCUT2D eigenvalue weighted by molar-refractivity contribution is -0.384. The summed E-state index contributed by atoms with van der Waals surface area (Å²) in [7, 11) is 0. The second-order valence-corrected chi connectivity index (χ2v) is 5.46. The molecule has 0 spiro atoms. The third-order valence-corrected chi connectivity index (χ3v) is 3.73. The molecule has 3 rings (SSSR count). The van der Waals surface area contributed by atoms with E-state index in [-0.39, 0.29) is 18.0 Å². The highest BCUT2D eigenvalue weighted by Crippen LogP contribution is 2.16. The second-order valence-electron chi connectivity index (χ2n) is 5.46. The summed E-state index contributed by atoms with van der Waals surface area (Å²) >= 11 is 0. The molecule has 6 nitrogen and oxygen atoms in total. The van der Waals surface area contributed by atoms with E-state index in [9.17, 15) is 14.9 Å². The maximum Gasteiger partial charge on any atom is 0.269 e. The molecule has 0 saturated heterocycles.